The first-order valence-electron chi connectivity index (χ1n) is 14.9. The van der Waals surface area contributed by atoms with Gasteiger partial charge in [0.1, 0.15) is 22.8 Å². The van der Waals surface area contributed by atoms with Gasteiger partial charge in [-0.1, -0.05) is 115 Å². The predicted molar refractivity (Wildman–Crippen MR) is 176 cm³/mol. The van der Waals surface area contributed by atoms with E-state index in [0.717, 1.165) is 53.1 Å². The van der Waals surface area contributed by atoms with E-state index in [-0.39, 0.29) is 0 Å². The number of furan rings is 1. The van der Waals surface area contributed by atoms with Crippen LogP contribution in [0.5, 0.6) is 11.5 Å². The summed E-state index contributed by atoms with van der Waals surface area (Å²) in [5.41, 5.74) is 12.0. The number of para-hydroxylation sites is 2. The van der Waals surface area contributed by atoms with Gasteiger partial charge in [0.25, 0.3) is 0 Å². The molecule has 2 heteroatoms. The predicted octanol–water partition coefficient (Wildman–Crippen LogP) is 10.7. The maximum absolute atomic E-state index is 6.41. The van der Waals surface area contributed by atoms with Crippen molar-refractivity contribution in [1.29, 1.82) is 0 Å². The van der Waals surface area contributed by atoms with Crippen LogP contribution in [-0.4, -0.2) is 0 Å². The Morgan fingerprint density at radius 2 is 1.53 bits per heavy atom. The van der Waals surface area contributed by atoms with Crippen LogP contribution < -0.4 is 4.74 Å². The van der Waals surface area contributed by atoms with Crippen LogP contribution in [0.3, 0.4) is 0 Å². The van der Waals surface area contributed by atoms with Gasteiger partial charge in [-0.15, -0.1) is 0 Å². The van der Waals surface area contributed by atoms with Gasteiger partial charge in [0, 0.05) is 17.4 Å². The van der Waals surface area contributed by atoms with Crippen LogP contribution >= 0.6 is 0 Å². The van der Waals surface area contributed by atoms with Crippen LogP contribution in [0.1, 0.15) is 39.8 Å². The van der Waals surface area contributed by atoms with E-state index in [9.17, 15) is 0 Å². The summed E-state index contributed by atoms with van der Waals surface area (Å²) in [4.78, 5) is 0. The molecule has 0 bridgehead atoms. The number of fused-ring (bicyclic) bond motifs is 3. The Bertz CT molecular complexity index is 2070. The van der Waals surface area contributed by atoms with Gasteiger partial charge in [-0.05, 0) is 82.1 Å². The summed E-state index contributed by atoms with van der Waals surface area (Å²) in [6, 6.07) is 42.9. The third kappa shape index (κ3) is 4.81. The van der Waals surface area contributed by atoms with Crippen molar-refractivity contribution in [3.8, 4) is 22.8 Å². The first kappa shape index (κ1) is 25.4. The minimum absolute atomic E-state index is 0.830. The van der Waals surface area contributed by atoms with Crippen molar-refractivity contribution in [1.82, 2.24) is 0 Å². The number of rotatable bonds is 5. The fourth-order valence-electron chi connectivity index (χ4n) is 6.39. The number of hydrogen-bond acceptors (Lipinski definition) is 2. The van der Waals surface area contributed by atoms with E-state index in [0.29, 0.717) is 0 Å². The number of ether oxygens (including phenoxy) is 1. The first-order chi connectivity index (χ1) is 21.3. The van der Waals surface area contributed by atoms with Gasteiger partial charge in [-0.25, -0.2) is 0 Å². The highest BCUT2D eigenvalue weighted by atomic mass is 16.5. The lowest BCUT2D eigenvalue weighted by molar-refractivity contribution is 0.460. The lowest BCUT2D eigenvalue weighted by Crippen LogP contribution is -2.03. The molecule has 5 aromatic carbocycles. The molecule has 6 aromatic rings. The maximum atomic E-state index is 6.41. The highest BCUT2D eigenvalue weighted by molar-refractivity contribution is 5.87. The molecule has 0 radical (unpaired) electrons. The van der Waals surface area contributed by atoms with Crippen molar-refractivity contribution in [2.24, 2.45) is 0 Å². The molecule has 0 spiro atoms. The van der Waals surface area contributed by atoms with Crippen LogP contribution in [0.25, 0.3) is 27.9 Å². The quantitative estimate of drug-likeness (QED) is 0.211. The van der Waals surface area contributed by atoms with Gasteiger partial charge in [-0.2, -0.15) is 0 Å². The number of benzene rings is 5. The molecule has 2 heterocycles. The molecule has 206 valence electrons. The molecule has 0 atom stereocenters. The van der Waals surface area contributed by atoms with E-state index in [1.54, 1.807) is 0 Å². The zero-order valence-corrected chi connectivity index (χ0v) is 23.8. The zero-order chi connectivity index (χ0) is 28.6. The van der Waals surface area contributed by atoms with E-state index in [1.807, 2.05) is 12.1 Å². The minimum atomic E-state index is 0.830. The second kappa shape index (κ2) is 10.8. The third-order valence-electron chi connectivity index (χ3n) is 8.46. The molecule has 0 N–H and O–H groups in total. The molecule has 0 unspecified atom stereocenters. The molecule has 1 aromatic heterocycles. The second-order valence-electron chi connectivity index (χ2n) is 11.3. The summed E-state index contributed by atoms with van der Waals surface area (Å²) in [5, 5.41) is 1.10. The van der Waals surface area contributed by atoms with Gasteiger partial charge in [0.05, 0.1) is 5.56 Å². The monoisotopic (exact) mass is 554 g/mol. The van der Waals surface area contributed by atoms with Crippen LogP contribution in [0.4, 0.5) is 0 Å². The Morgan fingerprint density at radius 3 is 2.44 bits per heavy atom. The molecular formula is C41H30O2. The smallest absolute Gasteiger partial charge is 0.141 e. The zero-order valence-electron chi connectivity index (χ0n) is 23.8. The highest BCUT2D eigenvalue weighted by Crippen LogP contribution is 2.44. The molecule has 43 heavy (non-hydrogen) atoms. The van der Waals surface area contributed by atoms with E-state index < -0.39 is 0 Å². The topological polar surface area (TPSA) is 22.4 Å². The third-order valence-corrected chi connectivity index (χ3v) is 8.46. The van der Waals surface area contributed by atoms with Crippen molar-refractivity contribution in [3.63, 3.8) is 0 Å². The van der Waals surface area contributed by atoms with Crippen LogP contribution in [0.15, 0.2) is 156 Å². The molecule has 1 aliphatic carbocycles. The number of hydrogen-bond donors (Lipinski definition) is 0. The largest absolute Gasteiger partial charge is 0.456 e. The lowest BCUT2D eigenvalue weighted by Gasteiger charge is -2.21. The molecule has 2 nitrogen and oxygen atoms in total. The molecule has 8 rings (SSSR count). The summed E-state index contributed by atoms with van der Waals surface area (Å²) in [5.74, 6) is 2.64. The summed E-state index contributed by atoms with van der Waals surface area (Å²) in [6.07, 6.45) is 11.4. The summed E-state index contributed by atoms with van der Waals surface area (Å²) >= 11 is 0. The van der Waals surface area contributed by atoms with Crippen molar-refractivity contribution in [3.05, 3.63) is 185 Å². The van der Waals surface area contributed by atoms with Crippen molar-refractivity contribution in [2.45, 2.75) is 19.3 Å². The molecular weight excluding hydrogens is 524 g/mol. The normalized spacial score (nSPS) is 14.7. The first-order valence-corrected chi connectivity index (χ1v) is 14.9. The van der Waals surface area contributed by atoms with E-state index in [4.69, 9.17) is 9.15 Å². The SMILES string of the molecule is C1=CC/C(=C(/c2ccccc2)c2ccccc2Cc2ccc3oc(-c4cccc5c4Oc4ccccc4C5)cc3c2)C=C1. The Balaban J connectivity index is 1.15. The number of allylic oxidation sites excluding steroid dienone is 5. The van der Waals surface area contributed by atoms with E-state index in [1.165, 1.54) is 44.5 Å². The summed E-state index contributed by atoms with van der Waals surface area (Å²) < 4.78 is 12.8. The van der Waals surface area contributed by atoms with Gasteiger partial charge in [-0.3, -0.25) is 0 Å². The Morgan fingerprint density at radius 1 is 0.698 bits per heavy atom. The van der Waals surface area contributed by atoms with Crippen molar-refractivity contribution < 1.29 is 9.15 Å². The highest BCUT2D eigenvalue weighted by Gasteiger charge is 2.22. The van der Waals surface area contributed by atoms with Crippen molar-refractivity contribution in [2.75, 3.05) is 0 Å². The van der Waals surface area contributed by atoms with Crippen LogP contribution in [0.2, 0.25) is 0 Å². The van der Waals surface area contributed by atoms with Gasteiger partial charge < -0.3 is 9.15 Å². The van der Waals surface area contributed by atoms with Crippen molar-refractivity contribution >= 4 is 16.5 Å². The Kier molecular flexibility index (Phi) is 6.38. The maximum Gasteiger partial charge on any atom is 0.141 e. The standard InChI is InChI=1S/C41H30O2/c1-3-12-29(13-4-1)40(30-14-5-2-6-15-30)35-19-9-7-16-31(35)24-28-22-23-38-34(25-28)27-39(42-38)36-20-11-18-33-26-32-17-8-10-21-37(32)43-41(33)36/h1-14,16-23,25,27H,15,24,26H2/b40-30-. The van der Waals surface area contributed by atoms with Crippen LogP contribution in [0, 0.1) is 0 Å². The summed E-state index contributed by atoms with van der Waals surface area (Å²) in [6.45, 7) is 0. The second-order valence-corrected chi connectivity index (χ2v) is 11.3. The Hall–Kier alpha value is -5.34. The fourth-order valence-corrected chi connectivity index (χ4v) is 6.39. The van der Waals surface area contributed by atoms with Gasteiger partial charge >= 0.3 is 0 Å². The Labute approximate surface area is 251 Å². The minimum Gasteiger partial charge on any atom is -0.456 e. The molecule has 0 saturated heterocycles. The van der Waals surface area contributed by atoms with Crippen LogP contribution in [-0.2, 0) is 12.8 Å². The van der Waals surface area contributed by atoms with Gasteiger partial charge in [0.15, 0.2) is 0 Å². The fraction of sp³-hybridized carbons (Fsp3) is 0.0732. The van der Waals surface area contributed by atoms with Gasteiger partial charge in [0.2, 0.25) is 0 Å². The molecule has 0 saturated carbocycles. The average molecular weight is 555 g/mol. The van der Waals surface area contributed by atoms with E-state index >= 15 is 0 Å². The lowest BCUT2D eigenvalue weighted by atomic mass is 9.86. The molecule has 0 fully saturated rings. The van der Waals surface area contributed by atoms with E-state index in [2.05, 4.69) is 133 Å². The molecule has 2 aliphatic rings. The molecule has 1 aliphatic heterocycles. The average Bonchev–Trinajstić information content (AvgIpc) is 3.49. The summed E-state index contributed by atoms with van der Waals surface area (Å²) in [7, 11) is 0. The molecule has 0 amide bonds.